The van der Waals surface area contributed by atoms with E-state index < -0.39 is 0 Å². The Bertz CT molecular complexity index is 964. The number of carbonyl (C=O) groups is 1. The normalized spacial score (nSPS) is 19.7. The number of anilines is 1. The first-order valence-electron chi connectivity index (χ1n) is 8.72. The van der Waals surface area contributed by atoms with Crippen molar-refractivity contribution in [2.45, 2.75) is 19.3 Å². The average Bonchev–Trinajstić information content (AvgIpc) is 2.69. The van der Waals surface area contributed by atoms with E-state index in [9.17, 15) is 10.1 Å². The van der Waals surface area contributed by atoms with Crippen LogP contribution < -0.4 is 4.90 Å². The molecule has 2 aromatic carbocycles. The van der Waals surface area contributed by atoms with Gasteiger partial charge in [-0.05, 0) is 30.7 Å². The van der Waals surface area contributed by atoms with Crippen molar-refractivity contribution < 1.29 is 4.79 Å². The Morgan fingerprint density at radius 1 is 1.19 bits per heavy atom. The number of hydrogen-bond donors (Lipinski definition) is 0. The summed E-state index contributed by atoms with van der Waals surface area (Å²) in [6.07, 6.45) is 0.262. The molecule has 1 fully saturated rings. The van der Waals surface area contributed by atoms with Crippen LogP contribution >= 0.6 is 23.4 Å². The van der Waals surface area contributed by atoms with Gasteiger partial charge in [0, 0.05) is 23.0 Å². The quantitative estimate of drug-likeness (QED) is 0.727. The third-order valence-corrected chi connectivity index (χ3v) is 6.47. The highest BCUT2D eigenvalue weighted by Gasteiger charge is 2.38. The molecule has 0 bridgehead atoms. The van der Waals surface area contributed by atoms with Gasteiger partial charge in [0.15, 0.2) is 0 Å². The van der Waals surface area contributed by atoms with E-state index in [-0.39, 0.29) is 18.2 Å². The number of rotatable bonds is 2. The van der Waals surface area contributed by atoms with E-state index in [0.29, 0.717) is 23.1 Å². The molecule has 6 heteroatoms. The van der Waals surface area contributed by atoms with Gasteiger partial charge in [-0.3, -0.25) is 9.69 Å². The van der Waals surface area contributed by atoms with Crippen LogP contribution in [0.4, 0.5) is 5.69 Å². The average molecular weight is 396 g/mol. The van der Waals surface area contributed by atoms with Gasteiger partial charge < -0.3 is 4.90 Å². The van der Waals surface area contributed by atoms with Gasteiger partial charge in [-0.25, -0.2) is 0 Å². The van der Waals surface area contributed by atoms with E-state index in [4.69, 9.17) is 11.6 Å². The molecule has 0 spiro atoms. The third kappa shape index (κ3) is 3.31. The van der Waals surface area contributed by atoms with Crippen LogP contribution in [0, 0.1) is 18.3 Å². The lowest BCUT2D eigenvalue weighted by Crippen LogP contribution is -2.47. The van der Waals surface area contributed by atoms with Crippen LogP contribution in [-0.2, 0) is 4.79 Å². The molecular weight excluding hydrogens is 378 g/mol. The van der Waals surface area contributed by atoms with E-state index in [1.807, 2.05) is 18.2 Å². The Hall–Kier alpha value is -2.42. The standard InChI is InChI=1S/C21H18ClN3OS/c1-14-6-8-15(9-7-14)24-12-25-20(26)10-17(16-4-2-3-5-19(16)22)18(11-23)21(25)27-13-24/h2-9,17H,10,12-13H2,1H3/t17-/m0/s1. The molecule has 2 aromatic rings. The summed E-state index contributed by atoms with van der Waals surface area (Å²) in [5.41, 5.74) is 3.76. The third-order valence-electron chi connectivity index (χ3n) is 4.97. The molecule has 0 N–H and O–H groups in total. The molecule has 1 saturated heterocycles. The predicted octanol–water partition coefficient (Wildman–Crippen LogP) is 4.87. The van der Waals surface area contributed by atoms with Crippen molar-refractivity contribution in [1.82, 2.24) is 4.90 Å². The fourth-order valence-corrected chi connectivity index (χ4v) is 4.94. The number of amides is 1. The van der Waals surface area contributed by atoms with Crippen molar-refractivity contribution in [3.63, 3.8) is 0 Å². The van der Waals surface area contributed by atoms with Crippen LogP contribution in [0.25, 0.3) is 0 Å². The van der Waals surface area contributed by atoms with E-state index in [2.05, 4.69) is 42.2 Å². The lowest BCUT2D eigenvalue weighted by atomic mass is 9.86. The Labute approximate surface area is 168 Å². The van der Waals surface area contributed by atoms with Crippen LogP contribution in [0.15, 0.2) is 59.1 Å². The minimum atomic E-state index is -0.277. The highest BCUT2D eigenvalue weighted by molar-refractivity contribution is 8.03. The molecular formula is C21H18ClN3OS. The van der Waals surface area contributed by atoms with Crippen LogP contribution in [0.3, 0.4) is 0 Å². The Balaban J connectivity index is 1.68. The minimum Gasteiger partial charge on any atom is -0.344 e. The van der Waals surface area contributed by atoms with E-state index in [1.54, 1.807) is 22.7 Å². The summed E-state index contributed by atoms with van der Waals surface area (Å²) < 4.78 is 0. The first-order valence-corrected chi connectivity index (χ1v) is 10.1. The van der Waals surface area contributed by atoms with Crippen LogP contribution in [0.5, 0.6) is 0 Å². The molecule has 2 aliphatic heterocycles. The van der Waals surface area contributed by atoms with Crippen molar-refractivity contribution in [1.29, 1.82) is 5.26 Å². The molecule has 136 valence electrons. The Kier molecular flexibility index (Phi) is 4.86. The summed E-state index contributed by atoms with van der Waals surface area (Å²) >= 11 is 7.89. The maximum atomic E-state index is 12.9. The fraction of sp³-hybridized carbons (Fsp3) is 0.238. The van der Waals surface area contributed by atoms with Crippen molar-refractivity contribution in [2.75, 3.05) is 17.4 Å². The molecule has 2 heterocycles. The molecule has 0 aromatic heterocycles. The zero-order valence-electron chi connectivity index (χ0n) is 14.9. The largest absolute Gasteiger partial charge is 0.344 e. The topological polar surface area (TPSA) is 47.3 Å². The van der Waals surface area contributed by atoms with Crippen molar-refractivity contribution in [3.8, 4) is 6.07 Å². The SMILES string of the molecule is Cc1ccc(N2CSC3=C(C#N)[C@H](c4ccccc4Cl)CC(=O)N3C2)cc1. The molecule has 2 aliphatic rings. The summed E-state index contributed by atoms with van der Waals surface area (Å²) in [5, 5.41) is 11.2. The predicted molar refractivity (Wildman–Crippen MR) is 109 cm³/mol. The second-order valence-electron chi connectivity index (χ2n) is 6.72. The van der Waals surface area contributed by atoms with E-state index in [1.165, 1.54) is 5.56 Å². The summed E-state index contributed by atoms with van der Waals surface area (Å²) in [5.74, 6) is 0.446. The molecule has 27 heavy (non-hydrogen) atoms. The zero-order chi connectivity index (χ0) is 19.0. The number of aryl methyl sites for hydroxylation is 1. The van der Waals surface area contributed by atoms with Crippen LogP contribution in [-0.4, -0.2) is 23.4 Å². The van der Waals surface area contributed by atoms with Crippen LogP contribution in [0.2, 0.25) is 5.02 Å². The zero-order valence-corrected chi connectivity index (χ0v) is 16.4. The number of hydrogen-bond acceptors (Lipinski definition) is 4. The van der Waals surface area contributed by atoms with E-state index in [0.717, 1.165) is 16.3 Å². The highest BCUT2D eigenvalue weighted by Crippen LogP contribution is 2.44. The van der Waals surface area contributed by atoms with Gasteiger partial charge in [0.25, 0.3) is 0 Å². The number of halogens is 1. The Morgan fingerprint density at radius 2 is 1.93 bits per heavy atom. The number of allylic oxidation sites excluding steroid dienone is 1. The minimum absolute atomic E-state index is 0.0261. The van der Waals surface area contributed by atoms with Crippen molar-refractivity contribution >= 4 is 35.0 Å². The molecule has 1 atom stereocenters. The van der Waals surface area contributed by atoms with Gasteiger partial charge >= 0.3 is 0 Å². The highest BCUT2D eigenvalue weighted by atomic mass is 35.5. The summed E-state index contributed by atoms with van der Waals surface area (Å²) in [6, 6.07) is 18.1. The fourth-order valence-electron chi connectivity index (χ4n) is 3.50. The second-order valence-corrected chi connectivity index (χ2v) is 8.06. The second kappa shape index (κ2) is 7.30. The summed E-state index contributed by atoms with van der Waals surface area (Å²) in [6.45, 7) is 2.52. The number of carbonyl (C=O) groups excluding carboxylic acids is 1. The number of thioether (sulfide) groups is 1. The maximum Gasteiger partial charge on any atom is 0.229 e. The van der Waals surface area contributed by atoms with Crippen molar-refractivity contribution in [2.24, 2.45) is 0 Å². The first kappa shape index (κ1) is 18.0. The van der Waals surface area contributed by atoms with Gasteiger partial charge in [0.1, 0.15) is 0 Å². The lowest BCUT2D eigenvalue weighted by molar-refractivity contribution is -0.129. The number of benzene rings is 2. The number of nitrogens with zero attached hydrogens (tertiary/aromatic N) is 3. The maximum absolute atomic E-state index is 12.9. The van der Waals surface area contributed by atoms with Gasteiger partial charge in [-0.2, -0.15) is 5.26 Å². The lowest BCUT2D eigenvalue weighted by Gasteiger charge is -2.42. The van der Waals surface area contributed by atoms with Gasteiger partial charge in [0.2, 0.25) is 5.91 Å². The summed E-state index contributed by atoms with van der Waals surface area (Å²) in [7, 11) is 0. The smallest absolute Gasteiger partial charge is 0.229 e. The van der Waals surface area contributed by atoms with Crippen LogP contribution in [0.1, 0.15) is 23.5 Å². The van der Waals surface area contributed by atoms with Gasteiger partial charge in [-0.1, -0.05) is 59.3 Å². The molecule has 0 aliphatic carbocycles. The molecule has 1 amide bonds. The Morgan fingerprint density at radius 3 is 2.63 bits per heavy atom. The van der Waals surface area contributed by atoms with Gasteiger partial charge in [-0.15, -0.1) is 0 Å². The monoisotopic (exact) mass is 395 g/mol. The van der Waals surface area contributed by atoms with E-state index >= 15 is 0 Å². The summed E-state index contributed by atoms with van der Waals surface area (Å²) in [4.78, 5) is 16.8. The molecule has 4 nitrogen and oxygen atoms in total. The molecule has 0 unspecified atom stereocenters. The number of fused-ring (bicyclic) bond motifs is 1. The van der Waals surface area contributed by atoms with Gasteiger partial charge in [0.05, 0.1) is 29.2 Å². The molecule has 0 saturated carbocycles. The first-order chi connectivity index (χ1) is 13.1. The van der Waals surface area contributed by atoms with Crippen molar-refractivity contribution in [3.05, 3.63) is 75.3 Å². The number of nitriles is 1. The molecule has 0 radical (unpaired) electrons. The molecule has 4 rings (SSSR count).